The number of benzene rings is 3. The van der Waals surface area contributed by atoms with E-state index in [1.54, 1.807) is 0 Å². The standard InChI is InChI=1S/C26H33N3/c1-18-16-25(26-17-20(9-12-27)7-8-22(26)11-14-29)19(2)15-24(18)23-6-4-3-5-21(23)10-13-28/h3-8,15-17H,9-14,27-29H2,1-2H3. The van der Waals surface area contributed by atoms with Crippen LogP contribution in [-0.2, 0) is 19.3 Å². The van der Waals surface area contributed by atoms with Crippen molar-refractivity contribution >= 4 is 0 Å². The van der Waals surface area contributed by atoms with Crippen molar-refractivity contribution in [1.82, 2.24) is 0 Å². The Bertz CT molecular complexity index is 976. The zero-order chi connectivity index (χ0) is 20.8. The SMILES string of the molecule is Cc1cc(-c2cc(CCN)ccc2CCN)c(C)cc1-c1ccccc1CCN. The molecule has 3 rings (SSSR count). The molecule has 6 N–H and O–H groups in total. The van der Waals surface area contributed by atoms with Gasteiger partial charge in [-0.1, -0.05) is 54.6 Å². The summed E-state index contributed by atoms with van der Waals surface area (Å²) >= 11 is 0. The summed E-state index contributed by atoms with van der Waals surface area (Å²) < 4.78 is 0. The Labute approximate surface area is 174 Å². The highest BCUT2D eigenvalue weighted by molar-refractivity contribution is 5.79. The van der Waals surface area contributed by atoms with Gasteiger partial charge in [-0.2, -0.15) is 0 Å². The number of nitrogens with two attached hydrogens (primary N) is 3. The average Bonchev–Trinajstić information content (AvgIpc) is 2.72. The highest BCUT2D eigenvalue weighted by atomic mass is 14.5. The van der Waals surface area contributed by atoms with Gasteiger partial charge in [-0.3, -0.25) is 0 Å². The molecule has 0 aliphatic rings. The van der Waals surface area contributed by atoms with Crippen LogP contribution < -0.4 is 17.2 Å². The maximum atomic E-state index is 5.89. The number of rotatable bonds is 8. The summed E-state index contributed by atoms with van der Waals surface area (Å²) in [6.07, 6.45) is 2.65. The molecule has 0 atom stereocenters. The predicted octanol–water partition coefficient (Wildman–Crippen LogP) is 4.14. The molecule has 0 saturated carbocycles. The molecule has 0 radical (unpaired) electrons. The van der Waals surface area contributed by atoms with Gasteiger partial charge in [0, 0.05) is 0 Å². The Morgan fingerprint density at radius 3 is 1.72 bits per heavy atom. The number of aryl methyl sites for hydroxylation is 2. The van der Waals surface area contributed by atoms with Crippen LogP contribution in [-0.4, -0.2) is 19.6 Å². The lowest BCUT2D eigenvalue weighted by atomic mass is 9.87. The van der Waals surface area contributed by atoms with Crippen LogP contribution in [0.2, 0.25) is 0 Å². The second-order valence-electron chi connectivity index (χ2n) is 7.75. The van der Waals surface area contributed by atoms with Crippen LogP contribution in [0.4, 0.5) is 0 Å². The summed E-state index contributed by atoms with van der Waals surface area (Å²) in [7, 11) is 0. The minimum absolute atomic E-state index is 0.645. The fourth-order valence-electron chi connectivity index (χ4n) is 4.12. The van der Waals surface area contributed by atoms with Crippen molar-refractivity contribution in [3.63, 3.8) is 0 Å². The quantitative estimate of drug-likeness (QED) is 0.543. The Balaban J connectivity index is 2.13. The largest absolute Gasteiger partial charge is 0.330 e. The molecule has 0 aliphatic heterocycles. The normalized spacial score (nSPS) is 11.1. The maximum absolute atomic E-state index is 5.89. The lowest BCUT2D eigenvalue weighted by Gasteiger charge is -2.18. The fraction of sp³-hybridized carbons (Fsp3) is 0.308. The zero-order valence-corrected chi connectivity index (χ0v) is 17.7. The Morgan fingerprint density at radius 2 is 1.10 bits per heavy atom. The Kier molecular flexibility index (Phi) is 7.21. The number of hydrogen-bond donors (Lipinski definition) is 3. The van der Waals surface area contributed by atoms with Gasteiger partial charge in [0.1, 0.15) is 0 Å². The number of hydrogen-bond acceptors (Lipinski definition) is 3. The molecule has 0 spiro atoms. The summed E-state index contributed by atoms with van der Waals surface area (Å²) in [5.74, 6) is 0. The van der Waals surface area contributed by atoms with Crippen LogP contribution in [0.3, 0.4) is 0 Å². The van der Waals surface area contributed by atoms with Gasteiger partial charge in [-0.15, -0.1) is 0 Å². The van der Waals surface area contributed by atoms with E-state index in [1.807, 2.05) is 0 Å². The molecule has 0 fully saturated rings. The van der Waals surface area contributed by atoms with Gasteiger partial charge in [-0.25, -0.2) is 0 Å². The van der Waals surface area contributed by atoms with Gasteiger partial charge in [0.25, 0.3) is 0 Å². The van der Waals surface area contributed by atoms with E-state index >= 15 is 0 Å². The Morgan fingerprint density at radius 1 is 0.552 bits per heavy atom. The van der Waals surface area contributed by atoms with Gasteiger partial charge >= 0.3 is 0 Å². The lowest BCUT2D eigenvalue weighted by Crippen LogP contribution is -2.07. The highest BCUT2D eigenvalue weighted by Crippen LogP contribution is 2.35. The third kappa shape index (κ3) is 4.76. The minimum Gasteiger partial charge on any atom is -0.330 e. The third-order valence-electron chi connectivity index (χ3n) is 5.60. The highest BCUT2D eigenvalue weighted by Gasteiger charge is 2.14. The van der Waals surface area contributed by atoms with Gasteiger partial charge < -0.3 is 17.2 Å². The molecule has 29 heavy (non-hydrogen) atoms. The molecule has 0 unspecified atom stereocenters. The van der Waals surface area contributed by atoms with Gasteiger partial charge in [-0.05, 0) is 103 Å². The first-order chi connectivity index (χ1) is 14.1. The van der Waals surface area contributed by atoms with Crippen LogP contribution in [0.15, 0.2) is 54.6 Å². The van der Waals surface area contributed by atoms with Crippen LogP contribution in [0.5, 0.6) is 0 Å². The second-order valence-corrected chi connectivity index (χ2v) is 7.75. The summed E-state index contributed by atoms with van der Waals surface area (Å²) in [4.78, 5) is 0. The van der Waals surface area contributed by atoms with E-state index in [-0.39, 0.29) is 0 Å². The average molecular weight is 388 g/mol. The van der Waals surface area contributed by atoms with Gasteiger partial charge in [0.05, 0.1) is 0 Å². The van der Waals surface area contributed by atoms with E-state index in [4.69, 9.17) is 17.2 Å². The second kappa shape index (κ2) is 9.84. The molecule has 0 saturated heterocycles. The van der Waals surface area contributed by atoms with Crippen LogP contribution in [0.1, 0.15) is 27.8 Å². The molecule has 0 aliphatic carbocycles. The van der Waals surface area contributed by atoms with Crippen molar-refractivity contribution in [2.24, 2.45) is 17.2 Å². The smallest absolute Gasteiger partial charge is 0.00365 e. The molecule has 0 bridgehead atoms. The molecule has 3 nitrogen and oxygen atoms in total. The van der Waals surface area contributed by atoms with Crippen molar-refractivity contribution in [3.05, 3.63) is 82.4 Å². The molecular formula is C26H33N3. The molecule has 3 aromatic rings. The molecule has 0 aromatic heterocycles. The van der Waals surface area contributed by atoms with Gasteiger partial charge in [0.15, 0.2) is 0 Å². The third-order valence-corrected chi connectivity index (χ3v) is 5.60. The van der Waals surface area contributed by atoms with Crippen molar-refractivity contribution in [3.8, 4) is 22.3 Å². The van der Waals surface area contributed by atoms with Crippen molar-refractivity contribution in [2.75, 3.05) is 19.6 Å². The van der Waals surface area contributed by atoms with E-state index in [1.165, 1.54) is 50.1 Å². The zero-order valence-electron chi connectivity index (χ0n) is 17.7. The van der Waals surface area contributed by atoms with Gasteiger partial charge in [0.2, 0.25) is 0 Å². The van der Waals surface area contributed by atoms with Crippen LogP contribution >= 0.6 is 0 Å². The van der Waals surface area contributed by atoms with E-state index in [0.717, 1.165) is 19.3 Å². The monoisotopic (exact) mass is 387 g/mol. The lowest BCUT2D eigenvalue weighted by molar-refractivity contribution is 0.950. The molecular weight excluding hydrogens is 354 g/mol. The Hall–Kier alpha value is -2.46. The molecule has 152 valence electrons. The minimum atomic E-state index is 0.645. The van der Waals surface area contributed by atoms with Crippen molar-refractivity contribution in [1.29, 1.82) is 0 Å². The predicted molar refractivity (Wildman–Crippen MR) is 125 cm³/mol. The molecule has 3 heteroatoms. The van der Waals surface area contributed by atoms with E-state index in [9.17, 15) is 0 Å². The summed E-state index contributed by atoms with van der Waals surface area (Å²) in [6.45, 7) is 6.36. The summed E-state index contributed by atoms with van der Waals surface area (Å²) in [5, 5.41) is 0. The van der Waals surface area contributed by atoms with Crippen LogP contribution in [0, 0.1) is 13.8 Å². The van der Waals surface area contributed by atoms with Crippen molar-refractivity contribution in [2.45, 2.75) is 33.1 Å². The van der Waals surface area contributed by atoms with Crippen molar-refractivity contribution < 1.29 is 0 Å². The van der Waals surface area contributed by atoms with E-state index in [2.05, 4.69) is 68.4 Å². The first-order valence-electron chi connectivity index (χ1n) is 10.5. The van der Waals surface area contributed by atoms with E-state index < -0.39 is 0 Å². The summed E-state index contributed by atoms with van der Waals surface area (Å²) in [5.41, 5.74) is 29.1. The van der Waals surface area contributed by atoms with Crippen LogP contribution in [0.25, 0.3) is 22.3 Å². The summed E-state index contributed by atoms with van der Waals surface area (Å²) in [6, 6.07) is 19.9. The molecule has 0 amide bonds. The first kappa shape index (κ1) is 21.3. The topological polar surface area (TPSA) is 78.1 Å². The van der Waals surface area contributed by atoms with E-state index in [0.29, 0.717) is 19.6 Å². The molecule has 0 heterocycles. The maximum Gasteiger partial charge on any atom is -0.00365 e. The first-order valence-corrected chi connectivity index (χ1v) is 10.5. The fourth-order valence-corrected chi connectivity index (χ4v) is 4.12. The molecule has 3 aromatic carbocycles.